The lowest BCUT2D eigenvalue weighted by Gasteiger charge is -2.36. The summed E-state index contributed by atoms with van der Waals surface area (Å²) in [5.74, 6) is 2.59. The summed E-state index contributed by atoms with van der Waals surface area (Å²) >= 11 is 0. The molecule has 0 atom stereocenters. The van der Waals surface area contributed by atoms with Crippen molar-refractivity contribution >= 4 is 21.7 Å². The summed E-state index contributed by atoms with van der Waals surface area (Å²) in [5.41, 5.74) is 9.29. The molecule has 0 bridgehead atoms. The van der Waals surface area contributed by atoms with E-state index in [0.717, 1.165) is 17.5 Å². The van der Waals surface area contributed by atoms with Crippen molar-refractivity contribution in [1.82, 2.24) is 4.98 Å². The minimum atomic E-state index is 0.0694. The summed E-state index contributed by atoms with van der Waals surface area (Å²) in [6.07, 6.45) is 12.8. The molecule has 2 aliphatic carbocycles. The Kier molecular flexibility index (Phi) is 6.83. The monoisotopic (exact) mass is 503 g/mol. The highest BCUT2D eigenvalue weighted by atomic mass is 14.7. The molecule has 38 heavy (non-hydrogen) atoms. The molecule has 0 N–H and O–H groups in total. The second-order valence-corrected chi connectivity index (χ2v) is 13.6. The average Bonchev–Trinajstić information content (AvgIpc) is 2.91. The fraction of sp³-hybridized carbons (Fsp3) is 0.486. The van der Waals surface area contributed by atoms with Gasteiger partial charge in [0.1, 0.15) is 0 Å². The molecule has 198 valence electrons. The van der Waals surface area contributed by atoms with Gasteiger partial charge in [0.2, 0.25) is 0 Å². The van der Waals surface area contributed by atoms with Crippen LogP contribution in [0.15, 0.2) is 54.6 Å². The van der Waals surface area contributed by atoms with Crippen LogP contribution in [0.2, 0.25) is 0 Å². The molecular weight excluding hydrogens is 458 g/mol. The van der Waals surface area contributed by atoms with Crippen molar-refractivity contribution in [3.05, 3.63) is 76.9 Å². The maximum atomic E-state index is 5.34. The third-order valence-electron chi connectivity index (χ3n) is 9.77. The molecule has 2 aliphatic rings. The van der Waals surface area contributed by atoms with Crippen LogP contribution in [0.5, 0.6) is 0 Å². The second kappa shape index (κ2) is 10.1. The zero-order valence-electron chi connectivity index (χ0n) is 24.2. The van der Waals surface area contributed by atoms with E-state index in [2.05, 4.69) is 89.2 Å². The molecule has 0 amide bonds. The lowest BCUT2D eigenvalue weighted by molar-refractivity contribution is 0.186. The molecule has 2 saturated carbocycles. The summed E-state index contributed by atoms with van der Waals surface area (Å²) in [4.78, 5) is 5.34. The SMILES string of the molecule is Cc1cc(C)c2c(C3CCC(C4CCCCC4)CC3)cc(-c3cc(C(C)(C)C)c4ccccc4c3)nc2c1. The summed E-state index contributed by atoms with van der Waals surface area (Å²) in [6, 6.07) is 20.8. The molecule has 6 rings (SSSR count). The predicted molar refractivity (Wildman–Crippen MR) is 164 cm³/mol. The van der Waals surface area contributed by atoms with E-state index in [9.17, 15) is 0 Å². The lowest BCUT2D eigenvalue weighted by atomic mass is 9.69. The molecule has 1 aromatic heterocycles. The van der Waals surface area contributed by atoms with Gasteiger partial charge >= 0.3 is 0 Å². The van der Waals surface area contributed by atoms with Crippen LogP contribution in [0.3, 0.4) is 0 Å². The van der Waals surface area contributed by atoms with Crippen molar-refractivity contribution in [3.63, 3.8) is 0 Å². The number of hydrogen-bond acceptors (Lipinski definition) is 1. The summed E-state index contributed by atoms with van der Waals surface area (Å²) in [6.45, 7) is 11.5. The van der Waals surface area contributed by atoms with Crippen LogP contribution < -0.4 is 0 Å². The molecule has 4 aromatic rings. The molecule has 1 heteroatoms. The molecule has 0 spiro atoms. The van der Waals surface area contributed by atoms with Gasteiger partial charge in [0.05, 0.1) is 11.2 Å². The van der Waals surface area contributed by atoms with E-state index < -0.39 is 0 Å². The molecule has 0 unspecified atom stereocenters. The third-order valence-corrected chi connectivity index (χ3v) is 9.77. The zero-order valence-corrected chi connectivity index (χ0v) is 24.2. The van der Waals surface area contributed by atoms with Gasteiger partial charge in [-0.15, -0.1) is 0 Å². The Morgan fingerprint density at radius 2 is 1.45 bits per heavy atom. The highest BCUT2D eigenvalue weighted by Gasteiger charge is 2.30. The van der Waals surface area contributed by atoms with Crippen molar-refractivity contribution in [2.24, 2.45) is 11.8 Å². The summed E-state index contributed by atoms with van der Waals surface area (Å²) < 4.78 is 0. The molecule has 0 saturated heterocycles. The van der Waals surface area contributed by atoms with Gasteiger partial charge in [-0.3, -0.25) is 0 Å². The number of hydrogen-bond donors (Lipinski definition) is 0. The highest BCUT2D eigenvalue weighted by Crippen LogP contribution is 2.45. The van der Waals surface area contributed by atoms with Crippen LogP contribution in [0.1, 0.15) is 107 Å². The van der Waals surface area contributed by atoms with Crippen molar-refractivity contribution in [1.29, 1.82) is 0 Å². The number of pyridine rings is 1. The van der Waals surface area contributed by atoms with Gasteiger partial charge < -0.3 is 0 Å². The van der Waals surface area contributed by atoms with E-state index in [-0.39, 0.29) is 5.41 Å². The maximum Gasteiger partial charge on any atom is 0.0717 e. The first-order chi connectivity index (χ1) is 18.3. The maximum absolute atomic E-state index is 5.34. The molecule has 0 radical (unpaired) electrons. The average molecular weight is 504 g/mol. The first-order valence-corrected chi connectivity index (χ1v) is 15.2. The topological polar surface area (TPSA) is 12.9 Å². The van der Waals surface area contributed by atoms with Gasteiger partial charge in [-0.25, -0.2) is 4.98 Å². The van der Waals surface area contributed by atoms with Crippen molar-refractivity contribution in [3.8, 4) is 11.3 Å². The second-order valence-electron chi connectivity index (χ2n) is 13.6. The van der Waals surface area contributed by atoms with E-state index in [1.807, 2.05) is 0 Å². The van der Waals surface area contributed by atoms with Crippen LogP contribution in [0.25, 0.3) is 32.9 Å². The Balaban J connectivity index is 1.44. The van der Waals surface area contributed by atoms with Crippen LogP contribution >= 0.6 is 0 Å². The molecule has 1 heterocycles. The van der Waals surface area contributed by atoms with Gasteiger partial charge in [0.25, 0.3) is 0 Å². The van der Waals surface area contributed by atoms with Crippen molar-refractivity contribution in [2.45, 2.75) is 104 Å². The molecule has 1 nitrogen and oxygen atoms in total. The molecule has 3 aromatic carbocycles. The summed E-state index contributed by atoms with van der Waals surface area (Å²) in [5, 5.41) is 4.08. The molecular formula is C37H45N. The van der Waals surface area contributed by atoms with Gasteiger partial charge in [-0.2, -0.15) is 0 Å². The Hall–Kier alpha value is -2.67. The number of aromatic nitrogens is 1. The first-order valence-electron chi connectivity index (χ1n) is 15.2. The molecule has 2 fully saturated rings. The minimum absolute atomic E-state index is 0.0694. The van der Waals surface area contributed by atoms with Crippen LogP contribution in [0, 0.1) is 25.7 Å². The number of aryl methyl sites for hydroxylation is 2. The van der Waals surface area contributed by atoms with E-state index in [0.29, 0.717) is 5.92 Å². The Bertz CT molecular complexity index is 1460. The van der Waals surface area contributed by atoms with Gasteiger partial charge in [0, 0.05) is 10.9 Å². The fourth-order valence-electron chi connectivity index (χ4n) is 7.85. The number of rotatable bonds is 3. The predicted octanol–water partition coefficient (Wildman–Crippen LogP) is 10.8. The molecule has 0 aliphatic heterocycles. The van der Waals surface area contributed by atoms with Gasteiger partial charge in [-0.05, 0) is 120 Å². The van der Waals surface area contributed by atoms with E-state index in [4.69, 9.17) is 4.98 Å². The van der Waals surface area contributed by atoms with Crippen molar-refractivity contribution in [2.75, 3.05) is 0 Å². The van der Waals surface area contributed by atoms with Crippen LogP contribution in [0.4, 0.5) is 0 Å². The third kappa shape index (κ3) is 4.90. The first kappa shape index (κ1) is 25.6. The smallest absolute Gasteiger partial charge is 0.0717 e. The minimum Gasteiger partial charge on any atom is -0.248 e. The highest BCUT2D eigenvalue weighted by molar-refractivity contribution is 5.93. The van der Waals surface area contributed by atoms with Gasteiger partial charge in [0.15, 0.2) is 0 Å². The standard InChI is InChI=1S/C37H45N/c1-24-19-25(2)36-32(28-17-15-27(16-18-28)26-11-7-6-8-12-26)23-34(38-35(36)20-24)30-21-29-13-9-10-14-31(29)33(22-30)37(3,4)5/h9-10,13-14,19-23,26-28H,6-8,11-12,15-18H2,1-5H3. The largest absolute Gasteiger partial charge is 0.248 e. The van der Waals surface area contributed by atoms with Crippen LogP contribution in [-0.2, 0) is 5.41 Å². The summed E-state index contributed by atoms with van der Waals surface area (Å²) in [7, 11) is 0. The lowest BCUT2D eigenvalue weighted by Crippen LogP contribution is -2.23. The number of nitrogens with zero attached hydrogens (tertiary/aromatic N) is 1. The number of fused-ring (bicyclic) bond motifs is 2. The van der Waals surface area contributed by atoms with Crippen molar-refractivity contribution < 1.29 is 0 Å². The van der Waals surface area contributed by atoms with Crippen LogP contribution in [-0.4, -0.2) is 4.98 Å². The van der Waals surface area contributed by atoms with E-state index >= 15 is 0 Å². The Labute approximate surface area is 230 Å². The fourth-order valence-corrected chi connectivity index (χ4v) is 7.85. The van der Waals surface area contributed by atoms with E-state index in [1.54, 1.807) is 5.56 Å². The van der Waals surface area contributed by atoms with Gasteiger partial charge in [-0.1, -0.05) is 83.2 Å². The normalized spacial score (nSPS) is 21.3. The van der Waals surface area contributed by atoms with E-state index in [1.165, 1.54) is 102 Å². The zero-order chi connectivity index (χ0) is 26.4. The quantitative estimate of drug-likeness (QED) is 0.271. The Morgan fingerprint density at radius 1 is 0.737 bits per heavy atom. The Morgan fingerprint density at radius 3 is 2.18 bits per heavy atom. The number of benzene rings is 3.